The van der Waals surface area contributed by atoms with E-state index in [1.807, 2.05) is 48.7 Å². The zero-order valence-corrected chi connectivity index (χ0v) is 17.2. The summed E-state index contributed by atoms with van der Waals surface area (Å²) in [4.78, 5) is 20.4. The first kappa shape index (κ1) is 19.6. The van der Waals surface area contributed by atoms with Gasteiger partial charge in [-0.15, -0.1) is 11.3 Å². The second kappa shape index (κ2) is 9.19. The maximum Gasteiger partial charge on any atom is 0.241 e. The van der Waals surface area contributed by atoms with Gasteiger partial charge < -0.3 is 14.6 Å². The van der Waals surface area contributed by atoms with Gasteiger partial charge >= 0.3 is 0 Å². The molecule has 0 saturated carbocycles. The van der Waals surface area contributed by atoms with Gasteiger partial charge in [-0.05, 0) is 56.4 Å². The Balaban J connectivity index is 1.29. The Hall–Kier alpha value is -2.71. The Bertz CT molecular complexity index is 933. The highest BCUT2D eigenvalue weighted by Crippen LogP contribution is 2.27. The van der Waals surface area contributed by atoms with Crippen LogP contribution in [0.15, 0.2) is 46.3 Å². The molecule has 0 unspecified atom stereocenters. The maximum absolute atomic E-state index is 12.7. The molecule has 0 aliphatic carbocycles. The van der Waals surface area contributed by atoms with Gasteiger partial charge in [0.1, 0.15) is 5.75 Å². The van der Waals surface area contributed by atoms with Crippen LogP contribution in [0.3, 0.4) is 0 Å². The number of likely N-dealkylation sites (tertiary alicyclic amines) is 1. The van der Waals surface area contributed by atoms with Gasteiger partial charge in [-0.3, -0.25) is 9.69 Å². The fraction of sp³-hybridized carbons (Fsp3) is 0.381. The number of piperidine rings is 1. The number of hydrogen-bond acceptors (Lipinski definition) is 7. The van der Waals surface area contributed by atoms with Crippen LogP contribution in [0.5, 0.6) is 5.75 Å². The van der Waals surface area contributed by atoms with E-state index < -0.39 is 0 Å². The normalized spacial score (nSPS) is 15.3. The molecule has 0 atom stereocenters. The van der Waals surface area contributed by atoms with E-state index in [4.69, 9.17) is 9.26 Å². The Morgan fingerprint density at radius 1 is 1.28 bits per heavy atom. The lowest BCUT2D eigenvalue weighted by Crippen LogP contribution is -2.37. The van der Waals surface area contributed by atoms with Crippen molar-refractivity contribution in [3.05, 3.63) is 47.7 Å². The summed E-state index contributed by atoms with van der Waals surface area (Å²) in [7, 11) is 0. The lowest BCUT2D eigenvalue weighted by Gasteiger charge is -2.30. The quantitative estimate of drug-likeness (QED) is 0.631. The summed E-state index contributed by atoms with van der Waals surface area (Å²) < 4.78 is 11.0. The summed E-state index contributed by atoms with van der Waals surface area (Å²) in [6.45, 7) is 4.75. The molecule has 0 bridgehead atoms. The van der Waals surface area contributed by atoms with Crippen LogP contribution < -0.4 is 10.1 Å². The molecular formula is C21H24N4O3S. The highest BCUT2D eigenvalue weighted by Gasteiger charge is 2.26. The SMILES string of the molecule is CCOc1ccccc1NC(=O)C1CCN(Cc2nc(-c3cccs3)no2)CC1. The predicted molar refractivity (Wildman–Crippen MR) is 112 cm³/mol. The zero-order valence-electron chi connectivity index (χ0n) is 16.3. The van der Waals surface area contributed by atoms with Gasteiger partial charge in [0.15, 0.2) is 0 Å². The number of carbonyl (C=O) groups is 1. The Morgan fingerprint density at radius 2 is 2.10 bits per heavy atom. The molecule has 1 saturated heterocycles. The van der Waals surface area contributed by atoms with Crippen LogP contribution in [0.25, 0.3) is 10.7 Å². The fourth-order valence-electron chi connectivity index (χ4n) is 3.46. The van der Waals surface area contributed by atoms with E-state index in [1.54, 1.807) is 11.3 Å². The van der Waals surface area contributed by atoms with Crippen molar-refractivity contribution in [1.29, 1.82) is 0 Å². The van der Waals surface area contributed by atoms with Crippen molar-refractivity contribution in [2.45, 2.75) is 26.3 Å². The van der Waals surface area contributed by atoms with Gasteiger partial charge in [0.2, 0.25) is 17.6 Å². The van der Waals surface area contributed by atoms with Crippen molar-refractivity contribution < 1.29 is 14.1 Å². The number of rotatable bonds is 7. The second-order valence-corrected chi connectivity index (χ2v) is 7.91. The molecule has 1 amide bonds. The minimum absolute atomic E-state index is 0.00898. The van der Waals surface area contributed by atoms with Gasteiger partial charge in [0, 0.05) is 5.92 Å². The molecule has 1 aliphatic heterocycles. The molecule has 1 aliphatic rings. The Labute approximate surface area is 173 Å². The summed E-state index contributed by atoms with van der Waals surface area (Å²) in [6, 6.07) is 11.5. The van der Waals surface area contributed by atoms with E-state index in [0.29, 0.717) is 30.6 Å². The molecule has 3 heterocycles. The smallest absolute Gasteiger partial charge is 0.241 e. The molecular weight excluding hydrogens is 388 g/mol. The van der Waals surface area contributed by atoms with E-state index in [1.165, 1.54) is 0 Å². The number of amides is 1. The molecule has 1 N–H and O–H groups in total. The summed E-state index contributed by atoms with van der Waals surface area (Å²) in [5, 5.41) is 9.08. The standard InChI is InChI=1S/C21H24N4O3S/c1-2-27-17-7-4-3-6-16(17)22-21(26)15-9-11-25(12-10-15)14-19-23-20(24-28-19)18-8-5-13-29-18/h3-8,13,15H,2,9-12,14H2,1H3,(H,22,26). The molecule has 152 valence electrons. The van der Waals surface area contributed by atoms with Crippen LogP contribution >= 0.6 is 11.3 Å². The Morgan fingerprint density at radius 3 is 2.86 bits per heavy atom. The van der Waals surface area contributed by atoms with Gasteiger partial charge in [0.25, 0.3) is 0 Å². The van der Waals surface area contributed by atoms with E-state index in [9.17, 15) is 4.79 Å². The fourth-order valence-corrected chi connectivity index (χ4v) is 4.10. The average molecular weight is 413 g/mol. The third kappa shape index (κ3) is 4.83. The van der Waals surface area contributed by atoms with Crippen LogP contribution in [0.4, 0.5) is 5.69 Å². The number of para-hydroxylation sites is 2. The molecule has 1 fully saturated rings. The highest BCUT2D eigenvalue weighted by molar-refractivity contribution is 7.13. The Kier molecular flexibility index (Phi) is 6.21. The number of carbonyl (C=O) groups excluding carboxylic acids is 1. The zero-order chi connectivity index (χ0) is 20.1. The first-order valence-electron chi connectivity index (χ1n) is 9.84. The molecule has 2 aromatic heterocycles. The van der Waals surface area contributed by atoms with Crippen LogP contribution in [-0.2, 0) is 11.3 Å². The molecule has 0 radical (unpaired) electrons. The van der Waals surface area contributed by atoms with Gasteiger partial charge in [-0.25, -0.2) is 0 Å². The molecule has 8 heteroatoms. The lowest BCUT2D eigenvalue weighted by molar-refractivity contribution is -0.121. The molecule has 3 aromatic rings. The predicted octanol–water partition coefficient (Wildman–Crippen LogP) is 4.05. The molecule has 4 rings (SSSR count). The monoisotopic (exact) mass is 412 g/mol. The number of anilines is 1. The van der Waals surface area contributed by atoms with E-state index in [0.717, 1.165) is 36.5 Å². The number of hydrogen-bond donors (Lipinski definition) is 1. The largest absolute Gasteiger partial charge is 0.492 e. The van der Waals surface area contributed by atoms with Crippen LogP contribution in [0, 0.1) is 5.92 Å². The van der Waals surface area contributed by atoms with Crippen molar-refractivity contribution in [3.63, 3.8) is 0 Å². The topological polar surface area (TPSA) is 80.5 Å². The minimum Gasteiger partial charge on any atom is -0.492 e. The van der Waals surface area contributed by atoms with E-state index >= 15 is 0 Å². The van der Waals surface area contributed by atoms with Gasteiger partial charge in [-0.1, -0.05) is 23.4 Å². The number of nitrogens with one attached hydrogen (secondary N) is 1. The third-order valence-electron chi connectivity index (χ3n) is 4.97. The van der Waals surface area contributed by atoms with Crippen LogP contribution in [-0.4, -0.2) is 40.6 Å². The summed E-state index contributed by atoms with van der Waals surface area (Å²) in [5.41, 5.74) is 0.730. The minimum atomic E-state index is -0.00898. The van der Waals surface area contributed by atoms with Crippen molar-refractivity contribution >= 4 is 22.9 Å². The number of thiophene rings is 1. The van der Waals surface area contributed by atoms with E-state index in [2.05, 4.69) is 20.4 Å². The van der Waals surface area contributed by atoms with Crippen molar-refractivity contribution in [3.8, 4) is 16.5 Å². The first-order chi connectivity index (χ1) is 14.2. The summed E-state index contributed by atoms with van der Waals surface area (Å²) in [6.07, 6.45) is 1.60. The second-order valence-electron chi connectivity index (χ2n) is 6.96. The number of benzene rings is 1. The maximum atomic E-state index is 12.7. The summed E-state index contributed by atoms with van der Waals surface area (Å²) >= 11 is 1.59. The van der Waals surface area contributed by atoms with Crippen LogP contribution in [0.2, 0.25) is 0 Å². The lowest BCUT2D eigenvalue weighted by atomic mass is 9.96. The third-order valence-corrected chi connectivity index (χ3v) is 5.84. The number of aromatic nitrogens is 2. The average Bonchev–Trinajstić information content (AvgIpc) is 3.42. The highest BCUT2D eigenvalue weighted by atomic mass is 32.1. The van der Waals surface area contributed by atoms with Crippen molar-refractivity contribution in [1.82, 2.24) is 15.0 Å². The van der Waals surface area contributed by atoms with Gasteiger partial charge in [0.05, 0.1) is 23.7 Å². The van der Waals surface area contributed by atoms with Gasteiger partial charge in [-0.2, -0.15) is 4.98 Å². The molecule has 7 nitrogen and oxygen atoms in total. The first-order valence-corrected chi connectivity index (χ1v) is 10.7. The summed E-state index contributed by atoms with van der Waals surface area (Å²) in [5.74, 6) is 2.00. The molecule has 29 heavy (non-hydrogen) atoms. The number of ether oxygens (including phenoxy) is 1. The molecule has 1 aromatic carbocycles. The van der Waals surface area contributed by atoms with E-state index in [-0.39, 0.29) is 11.8 Å². The van der Waals surface area contributed by atoms with Crippen LogP contribution in [0.1, 0.15) is 25.7 Å². The number of nitrogens with zero attached hydrogens (tertiary/aromatic N) is 3. The van der Waals surface area contributed by atoms with Crippen molar-refractivity contribution in [2.24, 2.45) is 5.92 Å². The molecule has 0 spiro atoms. The van der Waals surface area contributed by atoms with Crippen molar-refractivity contribution in [2.75, 3.05) is 25.0 Å².